The van der Waals surface area contributed by atoms with E-state index in [4.69, 9.17) is 5.11 Å². The average molecular weight is 420 g/mol. The van der Waals surface area contributed by atoms with Gasteiger partial charge in [-0.25, -0.2) is 4.68 Å². The maximum atomic E-state index is 13.2. The van der Waals surface area contributed by atoms with E-state index in [1.807, 2.05) is 67.6 Å². The number of hydrogen-bond donors (Lipinski definition) is 2. The lowest BCUT2D eigenvalue weighted by molar-refractivity contribution is 0.0951. The van der Waals surface area contributed by atoms with Crippen molar-refractivity contribution in [1.29, 1.82) is 0 Å². The van der Waals surface area contributed by atoms with Crippen LogP contribution in [0.4, 0.5) is 0 Å². The molecule has 6 heteroatoms. The standard InChI is InChI=1S/C25H29N3O3/c1-2-28-25(31)22(24(30)26-17-11-3-4-12-18-29)21(19-13-7-5-8-14-19)23(27-28)20-15-9-6-10-16-20/h5-10,13-16,29H,2-4,11-12,17-18H2,1H3,(H,26,30). The predicted molar refractivity (Wildman–Crippen MR) is 123 cm³/mol. The number of nitrogens with one attached hydrogen (secondary N) is 1. The molecule has 0 unspecified atom stereocenters. The molecule has 0 bridgehead atoms. The Kier molecular flexibility index (Phi) is 8.12. The molecular formula is C25H29N3O3. The van der Waals surface area contributed by atoms with Crippen LogP contribution < -0.4 is 10.9 Å². The van der Waals surface area contributed by atoms with Crippen LogP contribution >= 0.6 is 0 Å². The fourth-order valence-corrected chi connectivity index (χ4v) is 3.56. The maximum absolute atomic E-state index is 13.2. The predicted octanol–water partition coefficient (Wildman–Crippen LogP) is 3.88. The van der Waals surface area contributed by atoms with Crippen molar-refractivity contribution in [2.75, 3.05) is 13.2 Å². The fraction of sp³-hybridized carbons (Fsp3) is 0.320. The Labute approximate surface area is 182 Å². The first kappa shape index (κ1) is 22.4. The molecule has 0 aliphatic heterocycles. The number of aliphatic hydroxyl groups excluding tert-OH is 1. The zero-order valence-corrected chi connectivity index (χ0v) is 17.9. The highest BCUT2D eigenvalue weighted by Gasteiger charge is 2.24. The van der Waals surface area contributed by atoms with Crippen molar-refractivity contribution < 1.29 is 9.90 Å². The average Bonchev–Trinajstić information content (AvgIpc) is 2.82. The minimum Gasteiger partial charge on any atom is -0.396 e. The summed E-state index contributed by atoms with van der Waals surface area (Å²) in [4.78, 5) is 26.4. The monoisotopic (exact) mass is 419 g/mol. The van der Waals surface area contributed by atoms with Gasteiger partial charge in [0, 0.05) is 30.8 Å². The SMILES string of the molecule is CCn1nc(-c2ccccc2)c(-c2ccccc2)c(C(=O)NCCCCCCO)c1=O. The van der Waals surface area contributed by atoms with Crippen molar-refractivity contribution in [2.45, 2.75) is 39.2 Å². The number of carbonyl (C=O) groups excluding carboxylic acids is 1. The smallest absolute Gasteiger partial charge is 0.280 e. The lowest BCUT2D eigenvalue weighted by atomic mass is 9.95. The lowest BCUT2D eigenvalue weighted by Crippen LogP contribution is -2.36. The van der Waals surface area contributed by atoms with Crippen LogP contribution in [0.5, 0.6) is 0 Å². The summed E-state index contributed by atoms with van der Waals surface area (Å²) in [5.74, 6) is -0.382. The molecule has 1 amide bonds. The molecule has 3 rings (SSSR count). The molecular weight excluding hydrogens is 390 g/mol. The van der Waals surface area contributed by atoms with E-state index in [9.17, 15) is 9.59 Å². The van der Waals surface area contributed by atoms with Gasteiger partial charge in [-0.3, -0.25) is 9.59 Å². The second-order valence-electron chi connectivity index (χ2n) is 7.35. The van der Waals surface area contributed by atoms with E-state index < -0.39 is 0 Å². The summed E-state index contributed by atoms with van der Waals surface area (Å²) in [6, 6.07) is 19.1. The zero-order chi connectivity index (χ0) is 22.1. The Hall–Kier alpha value is -3.25. The molecule has 162 valence electrons. The molecule has 0 saturated carbocycles. The van der Waals surface area contributed by atoms with Gasteiger partial charge < -0.3 is 10.4 Å². The van der Waals surface area contributed by atoms with Gasteiger partial charge in [-0.2, -0.15) is 5.10 Å². The third-order valence-electron chi connectivity index (χ3n) is 5.16. The molecule has 0 radical (unpaired) electrons. The first-order valence-electron chi connectivity index (χ1n) is 10.8. The van der Waals surface area contributed by atoms with Crippen LogP contribution in [-0.2, 0) is 6.54 Å². The van der Waals surface area contributed by atoms with Gasteiger partial charge in [-0.15, -0.1) is 0 Å². The highest BCUT2D eigenvalue weighted by molar-refractivity contribution is 6.03. The highest BCUT2D eigenvalue weighted by Crippen LogP contribution is 2.31. The molecule has 1 heterocycles. The molecule has 3 aromatic rings. The summed E-state index contributed by atoms with van der Waals surface area (Å²) in [5.41, 5.74) is 2.53. The number of rotatable bonds is 10. The number of amides is 1. The molecule has 2 N–H and O–H groups in total. The molecule has 0 saturated heterocycles. The number of unbranched alkanes of at least 4 members (excludes halogenated alkanes) is 3. The largest absolute Gasteiger partial charge is 0.396 e. The quantitative estimate of drug-likeness (QED) is 0.489. The summed E-state index contributed by atoms with van der Waals surface area (Å²) in [6.45, 7) is 2.87. The molecule has 0 fully saturated rings. The van der Waals surface area contributed by atoms with Crippen molar-refractivity contribution in [3.8, 4) is 22.4 Å². The van der Waals surface area contributed by atoms with E-state index in [-0.39, 0.29) is 23.6 Å². The van der Waals surface area contributed by atoms with Crippen LogP contribution in [0.3, 0.4) is 0 Å². The Bertz CT molecular complexity index is 1050. The summed E-state index contributed by atoms with van der Waals surface area (Å²) >= 11 is 0. The molecule has 0 aliphatic rings. The number of aliphatic hydroxyl groups is 1. The van der Waals surface area contributed by atoms with Crippen LogP contribution in [0.2, 0.25) is 0 Å². The first-order chi connectivity index (χ1) is 15.2. The van der Waals surface area contributed by atoms with Gasteiger partial charge in [-0.1, -0.05) is 73.5 Å². The number of benzene rings is 2. The second-order valence-corrected chi connectivity index (χ2v) is 7.35. The fourth-order valence-electron chi connectivity index (χ4n) is 3.56. The molecule has 6 nitrogen and oxygen atoms in total. The van der Waals surface area contributed by atoms with Crippen LogP contribution in [0, 0.1) is 0 Å². The van der Waals surface area contributed by atoms with Gasteiger partial charge in [0.1, 0.15) is 5.56 Å². The molecule has 31 heavy (non-hydrogen) atoms. The number of hydrogen-bond acceptors (Lipinski definition) is 4. The van der Waals surface area contributed by atoms with Gasteiger partial charge in [0.25, 0.3) is 11.5 Å². The minimum atomic E-state index is -0.390. The highest BCUT2D eigenvalue weighted by atomic mass is 16.3. The summed E-state index contributed by atoms with van der Waals surface area (Å²) < 4.78 is 1.35. The molecule has 0 atom stereocenters. The molecule has 0 spiro atoms. The van der Waals surface area contributed by atoms with Gasteiger partial charge in [0.2, 0.25) is 0 Å². The van der Waals surface area contributed by atoms with Crippen molar-refractivity contribution in [1.82, 2.24) is 15.1 Å². The van der Waals surface area contributed by atoms with Crippen molar-refractivity contribution in [2.24, 2.45) is 0 Å². The number of nitrogens with zero attached hydrogens (tertiary/aromatic N) is 2. The van der Waals surface area contributed by atoms with Crippen LogP contribution in [-0.4, -0.2) is 33.9 Å². The van der Waals surface area contributed by atoms with Crippen molar-refractivity contribution in [3.63, 3.8) is 0 Å². The van der Waals surface area contributed by atoms with Gasteiger partial charge >= 0.3 is 0 Å². The van der Waals surface area contributed by atoms with E-state index >= 15 is 0 Å². The summed E-state index contributed by atoms with van der Waals surface area (Å²) in [5, 5.41) is 16.4. The molecule has 1 aromatic heterocycles. The van der Waals surface area contributed by atoms with Gasteiger partial charge in [0.05, 0.1) is 5.69 Å². The van der Waals surface area contributed by atoms with E-state index in [1.165, 1.54) is 4.68 Å². The maximum Gasteiger partial charge on any atom is 0.280 e. The Morgan fingerprint density at radius 1 is 0.935 bits per heavy atom. The number of aromatic nitrogens is 2. The van der Waals surface area contributed by atoms with Crippen molar-refractivity contribution >= 4 is 5.91 Å². The third-order valence-corrected chi connectivity index (χ3v) is 5.16. The molecule has 0 aliphatic carbocycles. The van der Waals surface area contributed by atoms with E-state index in [2.05, 4.69) is 10.4 Å². The topological polar surface area (TPSA) is 84.2 Å². The van der Waals surface area contributed by atoms with E-state index in [0.29, 0.717) is 24.3 Å². The second kappa shape index (κ2) is 11.2. The van der Waals surface area contributed by atoms with Crippen molar-refractivity contribution in [3.05, 3.63) is 76.6 Å². The Balaban J connectivity index is 2.06. The van der Waals surface area contributed by atoms with Crippen LogP contribution in [0.15, 0.2) is 65.5 Å². The normalized spacial score (nSPS) is 10.8. The van der Waals surface area contributed by atoms with Gasteiger partial charge in [0.15, 0.2) is 0 Å². The first-order valence-corrected chi connectivity index (χ1v) is 10.8. The number of aryl methyl sites for hydroxylation is 1. The van der Waals surface area contributed by atoms with Crippen LogP contribution in [0.1, 0.15) is 43.0 Å². The number of carbonyl (C=O) groups is 1. The van der Waals surface area contributed by atoms with E-state index in [0.717, 1.165) is 36.8 Å². The van der Waals surface area contributed by atoms with Gasteiger partial charge in [-0.05, 0) is 25.3 Å². The lowest BCUT2D eigenvalue weighted by Gasteiger charge is -2.17. The summed E-state index contributed by atoms with van der Waals surface area (Å²) in [6.07, 6.45) is 3.39. The zero-order valence-electron chi connectivity index (χ0n) is 17.9. The van der Waals surface area contributed by atoms with E-state index in [1.54, 1.807) is 0 Å². The minimum absolute atomic E-state index is 0.122. The third kappa shape index (κ3) is 5.47. The Morgan fingerprint density at radius 3 is 2.16 bits per heavy atom. The van der Waals surface area contributed by atoms with Crippen LogP contribution in [0.25, 0.3) is 22.4 Å². The summed E-state index contributed by atoms with van der Waals surface area (Å²) in [7, 11) is 0. The molecule has 2 aromatic carbocycles. The Morgan fingerprint density at radius 2 is 1.55 bits per heavy atom.